The maximum atomic E-state index is 11.3. The Hall–Kier alpha value is -1.63. The summed E-state index contributed by atoms with van der Waals surface area (Å²) in [6, 6.07) is -0.528. The summed E-state index contributed by atoms with van der Waals surface area (Å²) in [5.74, 6) is -0.925. The highest BCUT2D eigenvalue weighted by atomic mass is 16.5. The first-order chi connectivity index (χ1) is 9.08. The molecule has 3 N–H and O–H groups in total. The van der Waals surface area contributed by atoms with Crippen LogP contribution in [0.3, 0.4) is 0 Å². The van der Waals surface area contributed by atoms with Crippen LogP contribution in [0.5, 0.6) is 0 Å². The molecular weight excluding hydrogens is 252 g/mol. The normalized spacial score (nSPS) is 18.0. The predicted octanol–water partition coefficient (Wildman–Crippen LogP) is 0.494. The Labute approximate surface area is 111 Å². The zero-order valence-electron chi connectivity index (χ0n) is 10.8. The molecule has 0 aromatic heterocycles. The number of carbonyl (C=O) groups excluding carboxylic acids is 2. The maximum absolute atomic E-state index is 11.3. The van der Waals surface area contributed by atoms with Gasteiger partial charge in [0.25, 0.3) is 0 Å². The van der Waals surface area contributed by atoms with Crippen LogP contribution in [0.15, 0.2) is 0 Å². The molecular formula is C12H20N2O5. The molecule has 1 heterocycles. The molecule has 0 bridgehead atoms. The van der Waals surface area contributed by atoms with Crippen molar-refractivity contribution < 1.29 is 24.2 Å². The Balaban J connectivity index is 2.02. The van der Waals surface area contributed by atoms with Gasteiger partial charge in [-0.05, 0) is 25.2 Å². The first-order valence-electron chi connectivity index (χ1n) is 6.45. The number of hydrogen-bond acceptors (Lipinski definition) is 4. The number of carboxylic acid groups (broad SMARTS) is 1. The van der Waals surface area contributed by atoms with E-state index in [0.717, 1.165) is 26.1 Å². The van der Waals surface area contributed by atoms with Crippen LogP contribution in [0.25, 0.3) is 0 Å². The summed E-state index contributed by atoms with van der Waals surface area (Å²) in [5, 5.41) is 13.2. The van der Waals surface area contributed by atoms with E-state index in [1.165, 1.54) is 0 Å². The summed E-state index contributed by atoms with van der Waals surface area (Å²) in [7, 11) is 0. The molecule has 1 fully saturated rings. The largest absolute Gasteiger partial charge is 0.481 e. The van der Waals surface area contributed by atoms with Gasteiger partial charge in [0.15, 0.2) is 0 Å². The topological polar surface area (TPSA) is 105 Å². The van der Waals surface area contributed by atoms with Crippen LogP contribution >= 0.6 is 0 Å². The molecule has 1 unspecified atom stereocenters. The number of aliphatic carboxylic acids is 1. The van der Waals surface area contributed by atoms with E-state index in [2.05, 4.69) is 10.6 Å². The SMILES string of the molecule is O=C(O)CCCC(=O)NC(=O)NCCC1CCOC1. The average Bonchev–Trinajstić information content (AvgIpc) is 2.81. The molecule has 108 valence electrons. The van der Waals surface area contributed by atoms with Gasteiger partial charge in [-0.2, -0.15) is 0 Å². The van der Waals surface area contributed by atoms with Crippen LogP contribution in [-0.2, 0) is 14.3 Å². The molecule has 19 heavy (non-hydrogen) atoms. The van der Waals surface area contributed by atoms with Crippen LogP contribution in [0.4, 0.5) is 4.79 Å². The third-order valence-corrected chi connectivity index (χ3v) is 2.91. The lowest BCUT2D eigenvalue weighted by molar-refractivity contribution is -0.137. The van der Waals surface area contributed by atoms with Crippen molar-refractivity contribution in [3.8, 4) is 0 Å². The Morgan fingerprint density at radius 2 is 2.05 bits per heavy atom. The summed E-state index contributed by atoms with van der Waals surface area (Å²) in [5.41, 5.74) is 0. The second-order valence-corrected chi connectivity index (χ2v) is 4.57. The van der Waals surface area contributed by atoms with Gasteiger partial charge in [0.1, 0.15) is 0 Å². The lowest BCUT2D eigenvalue weighted by atomic mass is 10.1. The number of imide groups is 1. The van der Waals surface area contributed by atoms with Gasteiger partial charge in [-0.25, -0.2) is 4.79 Å². The summed E-state index contributed by atoms with van der Waals surface area (Å²) < 4.78 is 5.21. The van der Waals surface area contributed by atoms with Crippen molar-refractivity contribution in [3.63, 3.8) is 0 Å². The number of nitrogens with one attached hydrogen (secondary N) is 2. The Morgan fingerprint density at radius 3 is 2.68 bits per heavy atom. The Morgan fingerprint density at radius 1 is 1.26 bits per heavy atom. The summed E-state index contributed by atoms with van der Waals surface area (Å²) >= 11 is 0. The average molecular weight is 272 g/mol. The number of carbonyl (C=O) groups is 3. The van der Waals surface area contributed by atoms with Gasteiger partial charge in [0.2, 0.25) is 5.91 Å². The fourth-order valence-corrected chi connectivity index (χ4v) is 1.83. The monoisotopic (exact) mass is 272 g/mol. The molecule has 0 aromatic carbocycles. The van der Waals surface area contributed by atoms with Gasteiger partial charge in [0, 0.05) is 32.6 Å². The molecule has 1 aliphatic rings. The van der Waals surface area contributed by atoms with E-state index in [9.17, 15) is 14.4 Å². The van der Waals surface area contributed by atoms with E-state index in [1.54, 1.807) is 0 Å². The van der Waals surface area contributed by atoms with E-state index < -0.39 is 17.9 Å². The Bertz CT molecular complexity index is 326. The van der Waals surface area contributed by atoms with Crippen LogP contribution < -0.4 is 10.6 Å². The van der Waals surface area contributed by atoms with Gasteiger partial charge in [-0.3, -0.25) is 14.9 Å². The van der Waals surface area contributed by atoms with Gasteiger partial charge >= 0.3 is 12.0 Å². The lowest BCUT2D eigenvalue weighted by Crippen LogP contribution is -2.40. The molecule has 7 nitrogen and oxygen atoms in total. The van der Waals surface area contributed by atoms with Crippen molar-refractivity contribution in [2.24, 2.45) is 5.92 Å². The summed E-state index contributed by atoms with van der Waals surface area (Å²) in [6.45, 7) is 2.01. The van der Waals surface area contributed by atoms with Crippen molar-refractivity contribution in [2.75, 3.05) is 19.8 Å². The minimum atomic E-state index is -0.948. The number of urea groups is 1. The first kappa shape index (κ1) is 15.4. The van der Waals surface area contributed by atoms with E-state index in [1.807, 2.05) is 0 Å². The van der Waals surface area contributed by atoms with E-state index >= 15 is 0 Å². The number of rotatable bonds is 7. The standard InChI is InChI=1S/C12H20N2O5/c15-10(2-1-3-11(16)17)14-12(18)13-6-4-9-5-7-19-8-9/h9H,1-8H2,(H,16,17)(H2,13,14,15,18). The molecule has 1 saturated heterocycles. The van der Waals surface area contributed by atoms with E-state index in [4.69, 9.17) is 9.84 Å². The summed E-state index contributed by atoms with van der Waals surface area (Å²) in [6.07, 6.45) is 2.04. The zero-order valence-corrected chi connectivity index (χ0v) is 10.8. The molecule has 0 saturated carbocycles. The fraction of sp³-hybridized carbons (Fsp3) is 0.750. The number of hydrogen-bond donors (Lipinski definition) is 3. The predicted molar refractivity (Wildman–Crippen MR) is 66.6 cm³/mol. The minimum absolute atomic E-state index is 0.0379. The molecule has 7 heteroatoms. The zero-order chi connectivity index (χ0) is 14.1. The van der Waals surface area contributed by atoms with Crippen molar-refractivity contribution in [3.05, 3.63) is 0 Å². The van der Waals surface area contributed by atoms with Crippen LogP contribution in [0, 0.1) is 5.92 Å². The fourth-order valence-electron chi connectivity index (χ4n) is 1.83. The van der Waals surface area contributed by atoms with Crippen molar-refractivity contribution in [1.82, 2.24) is 10.6 Å². The second-order valence-electron chi connectivity index (χ2n) is 4.57. The first-order valence-corrected chi connectivity index (χ1v) is 6.45. The third-order valence-electron chi connectivity index (χ3n) is 2.91. The maximum Gasteiger partial charge on any atom is 0.321 e. The molecule has 0 spiro atoms. The van der Waals surface area contributed by atoms with Crippen LogP contribution in [0.1, 0.15) is 32.1 Å². The molecule has 0 radical (unpaired) electrons. The van der Waals surface area contributed by atoms with Gasteiger partial charge in [-0.15, -0.1) is 0 Å². The number of amides is 3. The summed E-state index contributed by atoms with van der Waals surface area (Å²) in [4.78, 5) is 32.9. The van der Waals surface area contributed by atoms with E-state index in [-0.39, 0.29) is 19.3 Å². The van der Waals surface area contributed by atoms with Gasteiger partial charge in [-0.1, -0.05) is 0 Å². The Kier molecular flexibility index (Phi) is 6.88. The van der Waals surface area contributed by atoms with Crippen LogP contribution in [-0.4, -0.2) is 42.8 Å². The number of carboxylic acids is 1. The van der Waals surface area contributed by atoms with Crippen LogP contribution in [0.2, 0.25) is 0 Å². The van der Waals surface area contributed by atoms with E-state index in [0.29, 0.717) is 12.5 Å². The molecule has 0 aromatic rings. The highest BCUT2D eigenvalue weighted by Crippen LogP contribution is 2.14. The van der Waals surface area contributed by atoms with Gasteiger partial charge < -0.3 is 15.2 Å². The molecule has 1 rings (SSSR count). The van der Waals surface area contributed by atoms with Crippen molar-refractivity contribution >= 4 is 17.9 Å². The smallest absolute Gasteiger partial charge is 0.321 e. The highest BCUT2D eigenvalue weighted by molar-refractivity contribution is 5.94. The molecule has 0 aliphatic carbocycles. The molecule has 1 atom stereocenters. The van der Waals surface area contributed by atoms with Gasteiger partial charge in [0.05, 0.1) is 0 Å². The quantitative estimate of drug-likeness (QED) is 0.625. The number of ether oxygens (including phenoxy) is 1. The van der Waals surface area contributed by atoms with Crippen molar-refractivity contribution in [1.29, 1.82) is 0 Å². The lowest BCUT2D eigenvalue weighted by Gasteiger charge is -2.09. The van der Waals surface area contributed by atoms with Crippen molar-refractivity contribution in [2.45, 2.75) is 32.1 Å². The molecule has 1 aliphatic heterocycles. The third kappa shape index (κ3) is 7.40. The minimum Gasteiger partial charge on any atom is -0.481 e. The molecule has 3 amide bonds. The second kappa shape index (κ2) is 8.47. The highest BCUT2D eigenvalue weighted by Gasteiger charge is 2.15.